The fourth-order valence-electron chi connectivity index (χ4n) is 4.36. The number of primary amides is 1. The average molecular weight is 433 g/mol. The van der Waals surface area contributed by atoms with Crippen LogP contribution in [0.5, 0.6) is 0 Å². The van der Waals surface area contributed by atoms with Crippen molar-refractivity contribution >= 4 is 35.2 Å². The van der Waals surface area contributed by atoms with Gasteiger partial charge in [-0.1, -0.05) is 24.3 Å². The molecule has 3 amide bonds. The molecule has 4 rings (SSSR count). The molecule has 2 aromatic carbocycles. The van der Waals surface area contributed by atoms with Crippen LogP contribution in [0.3, 0.4) is 0 Å². The summed E-state index contributed by atoms with van der Waals surface area (Å²) in [4.78, 5) is 39.7. The molecule has 1 unspecified atom stereocenters. The molecule has 1 atom stereocenters. The third-order valence-corrected chi connectivity index (χ3v) is 5.98. The number of rotatable bonds is 7. The van der Waals surface area contributed by atoms with Crippen LogP contribution >= 0.6 is 0 Å². The predicted octanol–water partition coefficient (Wildman–Crippen LogP) is 2.92. The number of nitrogens with two attached hydrogens (primary N) is 1. The van der Waals surface area contributed by atoms with Gasteiger partial charge in [0, 0.05) is 37.0 Å². The highest BCUT2D eigenvalue weighted by molar-refractivity contribution is 6.02. The minimum Gasteiger partial charge on any atom is -0.368 e. The highest BCUT2D eigenvalue weighted by Gasteiger charge is 2.28. The molecule has 0 radical (unpaired) electrons. The number of hydrogen-bond acceptors (Lipinski definition) is 4. The fraction of sp³-hybridized carbons (Fsp3) is 0.320. The number of amides is 3. The molecule has 2 saturated heterocycles. The molecular formula is C25H28N4O3. The van der Waals surface area contributed by atoms with E-state index in [4.69, 9.17) is 5.73 Å². The van der Waals surface area contributed by atoms with Gasteiger partial charge in [-0.2, -0.15) is 0 Å². The Bertz CT molecular complexity index is 1030. The Morgan fingerprint density at radius 1 is 1.09 bits per heavy atom. The molecule has 0 aromatic heterocycles. The van der Waals surface area contributed by atoms with E-state index in [1.807, 2.05) is 48.5 Å². The van der Waals surface area contributed by atoms with Crippen molar-refractivity contribution in [3.8, 4) is 0 Å². The molecule has 3 N–H and O–H groups in total. The summed E-state index contributed by atoms with van der Waals surface area (Å²) in [5.74, 6) is -0.348. The maximum atomic E-state index is 12.4. The van der Waals surface area contributed by atoms with Gasteiger partial charge in [-0.3, -0.25) is 19.3 Å². The van der Waals surface area contributed by atoms with Crippen molar-refractivity contribution in [2.75, 3.05) is 23.3 Å². The third-order valence-electron chi connectivity index (χ3n) is 5.98. The van der Waals surface area contributed by atoms with Crippen LogP contribution < -0.4 is 16.0 Å². The molecule has 0 aliphatic carbocycles. The van der Waals surface area contributed by atoms with Gasteiger partial charge < -0.3 is 16.0 Å². The van der Waals surface area contributed by atoms with Gasteiger partial charge in [-0.05, 0) is 67.3 Å². The van der Waals surface area contributed by atoms with E-state index in [1.54, 1.807) is 11.0 Å². The molecule has 32 heavy (non-hydrogen) atoms. The smallest absolute Gasteiger partial charge is 0.248 e. The zero-order valence-electron chi connectivity index (χ0n) is 18.0. The molecule has 2 heterocycles. The molecule has 0 saturated carbocycles. The summed E-state index contributed by atoms with van der Waals surface area (Å²) >= 11 is 0. The van der Waals surface area contributed by atoms with E-state index in [9.17, 15) is 14.4 Å². The van der Waals surface area contributed by atoms with E-state index in [0.717, 1.165) is 49.2 Å². The van der Waals surface area contributed by atoms with Crippen LogP contribution in [-0.4, -0.2) is 41.8 Å². The lowest BCUT2D eigenvalue weighted by Crippen LogP contribution is -2.39. The van der Waals surface area contributed by atoms with Gasteiger partial charge in [0.2, 0.25) is 17.7 Å². The van der Waals surface area contributed by atoms with Gasteiger partial charge in [0.1, 0.15) is 0 Å². The van der Waals surface area contributed by atoms with Crippen LogP contribution in [0.15, 0.2) is 54.6 Å². The topological polar surface area (TPSA) is 95.7 Å². The average Bonchev–Trinajstić information content (AvgIpc) is 3.42. The summed E-state index contributed by atoms with van der Waals surface area (Å²) in [7, 11) is 0. The van der Waals surface area contributed by atoms with Crippen LogP contribution in [0.25, 0.3) is 6.08 Å². The Hall–Kier alpha value is -3.45. The molecule has 2 fully saturated rings. The summed E-state index contributed by atoms with van der Waals surface area (Å²) in [6, 6.07) is 15.0. The van der Waals surface area contributed by atoms with Gasteiger partial charge in [0.25, 0.3) is 0 Å². The first-order valence-corrected chi connectivity index (χ1v) is 11.0. The van der Waals surface area contributed by atoms with Gasteiger partial charge in [-0.15, -0.1) is 0 Å². The van der Waals surface area contributed by atoms with Crippen molar-refractivity contribution in [1.29, 1.82) is 0 Å². The first-order chi connectivity index (χ1) is 15.5. The van der Waals surface area contributed by atoms with Crippen molar-refractivity contribution in [3.63, 3.8) is 0 Å². The van der Waals surface area contributed by atoms with E-state index in [2.05, 4.69) is 10.2 Å². The maximum absolute atomic E-state index is 12.4. The molecule has 2 aromatic rings. The maximum Gasteiger partial charge on any atom is 0.248 e. The molecule has 0 bridgehead atoms. The second-order valence-electron chi connectivity index (χ2n) is 8.29. The van der Waals surface area contributed by atoms with E-state index < -0.39 is 0 Å². The van der Waals surface area contributed by atoms with E-state index >= 15 is 0 Å². The minimum atomic E-state index is -0.280. The summed E-state index contributed by atoms with van der Waals surface area (Å²) in [5.41, 5.74) is 9.00. The van der Waals surface area contributed by atoms with Crippen LogP contribution in [0.1, 0.15) is 36.8 Å². The van der Waals surface area contributed by atoms with Crippen LogP contribution in [-0.2, 0) is 20.9 Å². The van der Waals surface area contributed by atoms with Gasteiger partial charge in [0.15, 0.2) is 0 Å². The number of benzene rings is 2. The van der Waals surface area contributed by atoms with Crippen molar-refractivity contribution in [2.24, 2.45) is 5.73 Å². The number of nitrogens with zero attached hydrogens (tertiary/aromatic N) is 2. The number of nitrogens with one attached hydrogen (secondary N) is 1. The van der Waals surface area contributed by atoms with Crippen molar-refractivity contribution < 1.29 is 14.4 Å². The second kappa shape index (κ2) is 9.78. The van der Waals surface area contributed by atoms with Crippen molar-refractivity contribution in [2.45, 2.75) is 38.3 Å². The molecular weight excluding hydrogens is 404 g/mol. The van der Waals surface area contributed by atoms with Crippen molar-refractivity contribution in [1.82, 2.24) is 4.90 Å². The van der Waals surface area contributed by atoms with E-state index in [0.29, 0.717) is 18.7 Å². The van der Waals surface area contributed by atoms with E-state index in [-0.39, 0.29) is 23.8 Å². The van der Waals surface area contributed by atoms with Crippen molar-refractivity contribution in [3.05, 3.63) is 65.7 Å². The van der Waals surface area contributed by atoms with Gasteiger partial charge in [-0.25, -0.2) is 0 Å². The Kier molecular flexibility index (Phi) is 6.66. The molecule has 2 aliphatic rings. The largest absolute Gasteiger partial charge is 0.368 e. The Morgan fingerprint density at radius 3 is 2.62 bits per heavy atom. The first kappa shape index (κ1) is 21.8. The summed E-state index contributed by atoms with van der Waals surface area (Å²) in [6.07, 6.45) is 6.50. The second-order valence-corrected chi connectivity index (χ2v) is 8.29. The molecule has 7 nitrogen and oxygen atoms in total. The number of carbonyl (C=O) groups is 3. The predicted molar refractivity (Wildman–Crippen MR) is 125 cm³/mol. The Morgan fingerprint density at radius 2 is 1.91 bits per heavy atom. The van der Waals surface area contributed by atoms with Crippen LogP contribution in [0, 0.1) is 0 Å². The summed E-state index contributed by atoms with van der Waals surface area (Å²) in [6.45, 7) is 2.23. The number of anilines is 2. The summed E-state index contributed by atoms with van der Waals surface area (Å²) < 4.78 is 0. The van der Waals surface area contributed by atoms with Crippen LogP contribution in [0.4, 0.5) is 11.4 Å². The normalized spacial score (nSPS) is 19.1. The standard InChI is InChI=1S/C25H28N4O3/c26-25(32)22-6-2-14-28(22)17-19-4-1-5-20(16-19)27-23(30)13-10-18-8-11-21(12-9-18)29-15-3-7-24(29)31/h1,4-5,8-13,16,22H,2-3,6-7,14-15,17H2,(H2,26,32)(H,27,30). The lowest BCUT2D eigenvalue weighted by atomic mass is 10.1. The Balaban J connectivity index is 1.34. The fourth-order valence-corrected chi connectivity index (χ4v) is 4.36. The minimum absolute atomic E-state index is 0.157. The number of carbonyl (C=O) groups excluding carboxylic acids is 3. The van der Waals surface area contributed by atoms with E-state index in [1.165, 1.54) is 6.08 Å². The lowest BCUT2D eigenvalue weighted by Gasteiger charge is -2.22. The molecule has 166 valence electrons. The highest BCUT2D eigenvalue weighted by atomic mass is 16.2. The molecule has 7 heteroatoms. The summed E-state index contributed by atoms with van der Waals surface area (Å²) in [5, 5.41) is 2.88. The number of likely N-dealkylation sites (tertiary alicyclic amines) is 1. The lowest BCUT2D eigenvalue weighted by molar-refractivity contribution is -0.122. The monoisotopic (exact) mass is 432 g/mol. The zero-order valence-corrected chi connectivity index (χ0v) is 18.0. The van der Waals surface area contributed by atoms with Crippen LogP contribution in [0.2, 0.25) is 0 Å². The third kappa shape index (κ3) is 5.23. The Labute approximate surface area is 187 Å². The first-order valence-electron chi connectivity index (χ1n) is 11.0. The highest BCUT2D eigenvalue weighted by Crippen LogP contribution is 2.23. The van der Waals surface area contributed by atoms with Gasteiger partial charge >= 0.3 is 0 Å². The van der Waals surface area contributed by atoms with Gasteiger partial charge in [0.05, 0.1) is 6.04 Å². The SMILES string of the molecule is NC(=O)C1CCCN1Cc1cccc(NC(=O)C=Cc2ccc(N3CCCC3=O)cc2)c1. The molecule has 0 spiro atoms. The molecule has 2 aliphatic heterocycles. The zero-order chi connectivity index (χ0) is 22.5. The number of hydrogen-bond donors (Lipinski definition) is 2. The quantitative estimate of drug-likeness (QED) is 0.658.